The van der Waals surface area contributed by atoms with Gasteiger partial charge in [-0.05, 0) is 25.0 Å². The number of methoxy groups -OCH3 is 1. The van der Waals surface area contributed by atoms with Crippen LogP contribution in [0.4, 0.5) is 0 Å². The second-order valence-electron chi connectivity index (χ2n) is 5.65. The van der Waals surface area contributed by atoms with Crippen LogP contribution in [-0.2, 0) is 11.3 Å². The summed E-state index contributed by atoms with van der Waals surface area (Å²) in [6, 6.07) is 5.43. The molecule has 1 saturated heterocycles. The van der Waals surface area contributed by atoms with Gasteiger partial charge in [-0.1, -0.05) is 11.6 Å². The molecule has 0 unspecified atom stereocenters. The lowest BCUT2D eigenvalue weighted by atomic mass is 10.1. The Labute approximate surface area is 153 Å². The first-order valence-corrected chi connectivity index (χ1v) is 8.20. The second-order valence-corrected chi connectivity index (χ2v) is 6.06. The first-order chi connectivity index (χ1) is 11.2. The van der Waals surface area contributed by atoms with Crippen molar-refractivity contribution >= 4 is 24.0 Å². The van der Waals surface area contributed by atoms with Crippen LogP contribution in [0.3, 0.4) is 0 Å². The molecule has 1 aliphatic rings. The van der Waals surface area contributed by atoms with Crippen LogP contribution in [0, 0.1) is 0 Å². The predicted octanol–water partition coefficient (Wildman–Crippen LogP) is 3.98. The van der Waals surface area contributed by atoms with Gasteiger partial charge in [0.1, 0.15) is 11.5 Å². The van der Waals surface area contributed by atoms with Crippen molar-refractivity contribution in [1.29, 1.82) is 0 Å². The summed E-state index contributed by atoms with van der Waals surface area (Å²) in [6.45, 7) is 1.45. The fraction of sp³-hybridized carbons (Fsp3) is 0.471. The number of imidazole rings is 1. The van der Waals surface area contributed by atoms with E-state index in [-0.39, 0.29) is 24.6 Å². The lowest BCUT2D eigenvalue weighted by molar-refractivity contribution is 0.0247. The molecule has 0 amide bonds. The molecular weight excluding hydrogens is 351 g/mol. The van der Waals surface area contributed by atoms with Crippen molar-refractivity contribution in [2.45, 2.75) is 38.0 Å². The molecule has 2 aromatic rings. The van der Waals surface area contributed by atoms with Gasteiger partial charge < -0.3 is 18.8 Å². The Morgan fingerprint density at radius 2 is 2.17 bits per heavy atom. The summed E-state index contributed by atoms with van der Waals surface area (Å²) < 4.78 is 19.0. The third kappa shape index (κ3) is 5.03. The SMILES string of the molecule is COc1ccc(OCC[C@@H]2CC[C@@H](Cn3ccnc3)O2)c(Cl)c1.Cl. The number of halogens is 2. The highest BCUT2D eigenvalue weighted by atomic mass is 35.5. The average molecular weight is 373 g/mol. The van der Waals surface area contributed by atoms with E-state index in [0.717, 1.165) is 31.6 Å². The van der Waals surface area contributed by atoms with Crippen molar-refractivity contribution in [3.63, 3.8) is 0 Å². The maximum Gasteiger partial charge on any atom is 0.138 e. The highest BCUT2D eigenvalue weighted by molar-refractivity contribution is 6.32. The molecule has 24 heavy (non-hydrogen) atoms. The number of rotatable bonds is 7. The Morgan fingerprint density at radius 1 is 1.33 bits per heavy atom. The molecule has 3 rings (SSSR count). The lowest BCUT2D eigenvalue weighted by Crippen LogP contribution is -2.18. The minimum atomic E-state index is 0. The van der Waals surface area contributed by atoms with Crippen LogP contribution in [0.1, 0.15) is 19.3 Å². The average Bonchev–Trinajstić information content (AvgIpc) is 3.21. The molecule has 0 radical (unpaired) electrons. The van der Waals surface area contributed by atoms with Gasteiger partial charge in [0.15, 0.2) is 0 Å². The second kappa shape index (κ2) is 9.16. The Hall–Kier alpha value is -1.43. The van der Waals surface area contributed by atoms with Crippen molar-refractivity contribution < 1.29 is 14.2 Å². The predicted molar refractivity (Wildman–Crippen MR) is 95.5 cm³/mol. The molecule has 0 spiro atoms. The fourth-order valence-electron chi connectivity index (χ4n) is 2.78. The molecule has 7 heteroatoms. The standard InChI is InChI=1S/C17H21ClN2O3.ClH/c1-21-14-4-5-17(16(18)10-14)22-9-6-13-2-3-15(23-13)11-20-8-7-19-12-20;/h4-5,7-8,10,12-13,15H,2-3,6,9,11H2,1H3;1H/t13-,15-;/m0./s1. The van der Waals surface area contributed by atoms with Gasteiger partial charge in [0.25, 0.3) is 0 Å². The number of benzene rings is 1. The number of hydrogen-bond acceptors (Lipinski definition) is 4. The number of nitrogens with zero attached hydrogens (tertiary/aromatic N) is 2. The van der Waals surface area contributed by atoms with Gasteiger partial charge in [0.2, 0.25) is 0 Å². The van der Waals surface area contributed by atoms with Crippen molar-refractivity contribution in [3.05, 3.63) is 41.9 Å². The maximum atomic E-state index is 6.16. The van der Waals surface area contributed by atoms with Gasteiger partial charge in [-0.2, -0.15) is 0 Å². The molecule has 0 N–H and O–H groups in total. The third-order valence-corrected chi connectivity index (χ3v) is 4.30. The number of aromatic nitrogens is 2. The Morgan fingerprint density at radius 3 is 2.88 bits per heavy atom. The third-order valence-electron chi connectivity index (χ3n) is 4.01. The summed E-state index contributed by atoms with van der Waals surface area (Å²) in [7, 11) is 1.61. The van der Waals surface area contributed by atoms with Crippen LogP contribution in [0.25, 0.3) is 0 Å². The first-order valence-electron chi connectivity index (χ1n) is 7.82. The summed E-state index contributed by atoms with van der Waals surface area (Å²) in [4.78, 5) is 4.05. The van der Waals surface area contributed by atoms with E-state index in [1.807, 2.05) is 24.7 Å². The maximum absolute atomic E-state index is 6.16. The van der Waals surface area contributed by atoms with Gasteiger partial charge in [0.05, 0.1) is 37.3 Å². The van der Waals surface area contributed by atoms with Crippen molar-refractivity contribution in [1.82, 2.24) is 9.55 Å². The molecule has 1 aliphatic heterocycles. The molecule has 5 nitrogen and oxygen atoms in total. The van der Waals surface area contributed by atoms with E-state index >= 15 is 0 Å². The van der Waals surface area contributed by atoms with Crippen LogP contribution in [0.5, 0.6) is 11.5 Å². The minimum absolute atomic E-state index is 0. The van der Waals surface area contributed by atoms with Crippen LogP contribution < -0.4 is 9.47 Å². The molecule has 1 fully saturated rings. The van der Waals surface area contributed by atoms with E-state index in [0.29, 0.717) is 17.4 Å². The van der Waals surface area contributed by atoms with Crippen LogP contribution in [0.2, 0.25) is 5.02 Å². The normalized spacial score (nSPS) is 19.8. The zero-order valence-corrected chi connectivity index (χ0v) is 15.1. The van der Waals surface area contributed by atoms with Crippen LogP contribution in [-0.4, -0.2) is 35.5 Å². The summed E-state index contributed by atoms with van der Waals surface area (Å²) in [5.41, 5.74) is 0. The molecule has 2 atom stereocenters. The lowest BCUT2D eigenvalue weighted by Gasteiger charge is -2.15. The molecule has 0 aliphatic carbocycles. The van der Waals surface area contributed by atoms with Crippen molar-refractivity contribution in [2.75, 3.05) is 13.7 Å². The highest BCUT2D eigenvalue weighted by Crippen LogP contribution is 2.29. The molecule has 1 aromatic heterocycles. The van der Waals surface area contributed by atoms with E-state index in [1.54, 1.807) is 19.4 Å². The Bertz CT molecular complexity index is 622. The molecule has 132 valence electrons. The van der Waals surface area contributed by atoms with E-state index in [1.165, 1.54) is 0 Å². The monoisotopic (exact) mass is 372 g/mol. The Balaban J connectivity index is 0.00000208. The smallest absolute Gasteiger partial charge is 0.138 e. The summed E-state index contributed by atoms with van der Waals surface area (Å²) in [5, 5.41) is 0.565. The Kier molecular flexibility index (Phi) is 7.21. The summed E-state index contributed by atoms with van der Waals surface area (Å²) in [6.07, 6.45) is 9.10. The zero-order chi connectivity index (χ0) is 16.1. The summed E-state index contributed by atoms with van der Waals surface area (Å²) >= 11 is 6.16. The van der Waals surface area contributed by atoms with Crippen LogP contribution in [0.15, 0.2) is 36.9 Å². The molecular formula is C17H22Cl2N2O3. The topological polar surface area (TPSA) is 45.5 Å². The molecule has 0 saturated carbocycles. The van der Waals surface area contributed by atoms with E-state index < -0.39 is 0 Å². The van der Waals surface area contributed by atoms with Crippen molar-refractivity contribution in [2.24, 2.45) is 0 Å². The number of ether oxygens (including phenoxy) is 3. The number of hydrogen-bond donors (Lipinski definition) is 0. The summed E-state index contributed by atoms with van der Waals surface area (Å²) in [5.74, 6) is 1.41. The quantitative estimate of drug-likeness (QED) is 0.737. The van der Waals surface area contributed by atoms with E-state index in [4.69, 9.17) is 25.8 Å². The zero-order valence-electron chi connectivity index (χ0n) is 13.6. The van der Waals surface area contributed by atoms with Gasteiger partial charge in [-0.3, -0.25) is 0 Å². The fourth-order valence-corrected chi connectivity index (χ4v) is 3.01. The van der Waals surface area contributed by atoms with Crippen LogP contribution >= 0.6 is 24.0 Å². The van der Waals surface area contributed by atoms with Gasteiger partial charge >= 0.3 is 0 Å². The van der Waals surface area contributed by atoms with E-state index in [2.05, 4.69) is 9.55 Å². The highest BCUT2D eigenvalue weighted by Gasteiger charge is 2.25. The van der Waals surface area contributed by atoms with E-state index in [9.17, 15) is 0 Å². The van der Waals surface area contributed by atoms with Crippen molar-refractivity contribution in [3.8, 4) is 11.5 Å². The molecule has 0 bridgehead atoms. The molecule has 1 aromatic carbocycles. The van der Waals surface area contributed by atoms with Gasteiger partial charge in [-0.15, -0.1) is 12.4 Å². The van der Waals surface area contributed by atoms with Gasteiger partial charge in [-0.25, -0.2) is 4.98 Å². The minimum Gasteiger partial charge on any atom is -0.497 e. The van der Waals surface area contributed by atoms with Gasteiger partial charge in [0, 0.05) is 31.4 Å². The largest absolute Gasteiger partial charge is 0.497 e. The first kappa shape index (κ1) is 18.9. The molecule has 2 heterocycles.